The zero-order valence-electron chi connectivity index (χ0n) is 18.2. The summed E-state index contributed by atoms with van der Waals surface area (Å²) in [6.45, 7) is 3.14. The largest absolute Gasteiger partial charge is 0.481 e. The molecule has 1 fully saturated rings. The van der Waals surface area contributed by atoms with Gasteiger partial charge in [-0.05, 0) is 37.3 Å². The van der Waals surface area contributed by atoms with Crippen LogP contribution < -0.4 is 0 Å². The van der Waals surface area contributed by atoms with Crippen LogP contribution in [0.4, 0.5) is 0 Å². The predicted molar refractivity (Wildman–Crippen MR) is 118 cm³/mol. The Balaban J connectivity index is 1.90. The number of unbranched alkanes of at least 4 members (excludes halogenated alkanes) is 1. The van der Waals surface area contributed by atoms with Crippen molar-refractivity contribution in [2.45, 2.75) is 64.3 Å². The maximum atomic E-state index is 12.3. The van der Waals surface area contributed by atoms with Gasteiger partial charge in [0.05, 0.1) is 18.8 Å². The molecule has 0 radical (unpaired) electrons. The fourth-order valence-corrected chi connectivity index (χ4v) is 3.89. The highest BCUT2D eigenvalue weighted by molar-refractivity contribution is 5.84. The number of allylic oxidation sites excluding steroid dienone is 2. The summed E-state index contributed by atoms with van der Waals surface area (Å²) in [4.78, 5) is 22.8. The van der Waals surface area contributed by atoms with E-state index in [0.717, 1.165) is 11.1 Å². The van der Waals surface area contributed by atoms with E-state index in [1.807, 2.05) is 43.3 Å². The third-order valence-corrected chi connectivity index (χ3v) is 5.52. The summed E-state index contributed by atoms with van der Waals surface area (Å²) in [6.07, 6.45) is 8.20. The quantitative estimate of drug-likeness (QED) is 0.327. The zero-order valence-corrected chi connectivity index (χ0v) is 18.2. The molecule has 0 saturated heterocycles. The summed E-state index contributed by atoms with van der Waals surface area (Å²) >= 11 is 0. The molecule has 3 N–H and O–H groups in total. The molecule has 31 heavy (non-hydrogen) atoms. The summed E-state index contributed by atoms with van der Waals surface area (Å²) < 4.78 is 5.42. The van der Waals surface area contributed by atoms with Gasteiger partial charge in [0.25, 0.3) is 0 Å². The molecular formula is C25H34O6. The third kappa shape index (κ3) is 8.77. The maximum absolute atomic E-state index is 12.3. The lowest BCUT2D eigenvalue weighted by molar-refractivity contribution is -0.137. The highest BCUT2D eigenvalue weighted by Crippen LogP contribution is 2.33. The Morgan fingerprint density at radius 1 is 1.29 bits per heavy atom. The minimum absolute atomic E-state index is 0.0236. The van der Waals surface area contributed by atoms with Crippen molar-refractivity contribution >= 4 is 11.8 Å². The fourth-order valence-electron chi connectivity index (χ4n) is 3.89. The van der Waals surface area contributed by atoms with Crippen molar-refractivity contribution in [1.82, 2.24) is 0 Å². The van der Waals surface area contributed by atoms with E-state index in [-0.39, 0.29) is 30.5 Å². The Labute approximate surface area is 184 Å². The molecule has 2 rings (SSSR count). The van der Waals surface area contributed by atoms with Gasteiger partial charge in [0.15, 0.2) is 0 Å². The number of carboxylic acids is 1. The number of carboxylic acid groups (broad SMARTS) is 1. The van der Waals surface area contributed by atoms with Crippen molar-refractivity contribution in [2.75, 3.05) is 6.61 Å². The van der Waals surface area contributed by atoms with Gasteiger partial charge in [0, 0.05) is 37.7 Å². The van der Waals surface area contributed by atoms with Crippen molar-refractivity contribution in [2.24, 2.45) is 11.8 Å². The van der Waals surface area contributed by atoms with Crippen LogP contribution in [0.3, 0.4) is 0 Å². The molecule has 0 spiro atoms. The number of ether oxygens (including phenoxy) is 1. The summed E-state index contributed by atoms with van der Waals surface area (Å²) in [5, 5.41) is 29.4. The second kappa shape index (κ2) is 13.2. The number of hydrogen-bond acceptors (Lipinski definition) is 5. The number of aliphatic carboxylic acids is 1. The molecule has 1 aromatic carbocycles. The van der Waals surface area contributed by atoms with E-state index in [4.69, 9.17) is 9.84 Å². The third-order valence-electron chi connectivity index (χ3n) is 5.52. The van der Waals surface area contributed by atoms with E-state index >= 15 is 0 Å². The highest BCUT2D eigenvalue weighted by Gasteiger charge is 2.39. The molecule has 6 nitrogen and oxygen atoms in total. The number of ketones is 1. The van der Waals surface area contributed by atoms with Crippen molar-refractivity contribution < 1.29 is 29.6 Å². The lowest BCUT2D eigenvalue weighted by atomic mass is 9.90. The van der Waals surface area contributed by atoms with Gasteiger partial charge in [-0.15, -0.1) is 0 Å². The first-order chi connectivity index (χ1) is 14.9. The van der Waals surface area contributed by atoms with Gasteiger partial charge >= 0.3 is 5.97 Å². The molecule has 6 heteroatoms. The van der Waals surface area contributed by atoms with Crippen molar-refractivity contribution in [1.29, 1.82) is 0 Å². The molecule has 0 amide bonds. The molecule has 0 heterocycles. The summed E-state index contributed by atoms with van der Waals surface area (Å²) in [5.74, 6) is -1.43. The number of Topliss-reactive ketones (excluding diaryl/α,β-unsaturated/α-hetero) is 1. The minimum Gasteiger partial charge on any atom is -0.481 e. The number of rotatable bonds is 13. The predicted octanol–water partition coefficient (Wildman–Crippen LogP) is 3.45. The van der Waals surface area contributed by atoms with E-state index in [9.17, 15) is 19.8 Å². The molecule has 0 aliphatic heterocycles. The van der Waals surface area contributed by atoms with E-state index in [1.54, 1.807) is 12.2 Å². The van der Waals surface area contributed by atoms with Gasteiger partial charge < -0.3 is 20.1 Å². The molecule has 4 atom stereocenters. The van der Waals surface area contributed by atoms with Gasteiger partial charge in [-0.3, -0.25) is 9.59 Å². The van der Waals surface area contributed by atoms with Gasteiger partial charge in [0.1, 0.15) is 5.78 Å². The standard InChI is InChI=1S/C25H34O6/c1-2-31-17-19-9-7-8-18(14-19)15-20(26)12-13-22-21(23(27)16-24(22)28)10-5-3-4-6-11-25(29)30/h3,5,7-9,12-14,20-22,24,26,28H,2,4,6,10-11,15-17H2,1H3,(H,29,30)/t20?,21-,22-,24?/m1/s1. The van der Waals surface area contributed by atoms with Crippen molar-refractivity contribution in [3.8, 4) is 0 Å². The topological polar surface area (TPSA) is 104 Å². The van der Waals surface area contributed by atoms with Crippen LogP contribution in [0.15, 0.2) is 48.6 Å². The maximum Gasteiger partial charge on any atom is 0.303 e. The number of carbonyl (C=O) groups excluding carboxylic acids is 1. The van der Waals surface area contributed by atoms with Crippen LogP contribution in [0.2, 0.25) is 0 Å². The van der Waals surface area contributed by atoms with E-state index in [1.165, 1.54) is 0 Å². The van der Waals surface area contributed by atoms with E-state index < -0.39 is 18.2 Å². The Kier molecular flexibility index (Phi) is 10.6. The summed E-state index contributed by atoms with van der Waals surface area (Å²) in [5.41, 5.74) is 2.06. The number of aliphatic hydroxyl groups is 2. The molecule has 2 unspecified atom stereocenters. The molecule has 1 saturated carbocycles. The van der Waals surface area contributed by atoms with Gasteiger partial charge in [-0.25, -0.2) is 0 Å². The summed E-state index contributed by atoms with van der Waals surface area (Å²) in [7, 11) is 0. The normalized spacial score (nSPS) is 22.5. The molecule has 1 aromatic rings. The van der Waals surface area contributed by atoms with E-state index in [0.29, 0.717) is 38.9 Å². The number of hydrogen-bond donors (Lipinski definition) is 3. The fraction of sp³-hybridized carbons (Fsp3) is 0.520. The van der Waals surface area contributed by atoms with Gasteiger partial charge in [-0.1, -0.05) is 48.6 Å². The average molecular weight is 431 g/mol. The second-order valence-electron chi connectivity index (χ2n) is 8.03. The lowest BCUT2D eigenvalue weighted by Gasteiger charge is -2.17. The Morgan fingerprint density at radius 2 is 2.06 bits per heavy atom. The van der Waals surface area contributed by atoms with Crippen LogP contribution in [-0.4, -0.2) is 45.9 Å². The van der Waals surface area contributed by atoms with Crippen LogP contribution >= 0.6 is 0 Å². The Hall–Kier alpha value is -2.28. The average Bonchev–Trinajstić information content (AvgIpc) is 2.99. The smallest absolute Gasteiger partial charge is 0.303 e. The number of benzene rings is 1. The Morgan fingerprint density at radius 3 is 2.81 bits per heavy atom. The Bertz CT molecular complexity index is 769. The summed E-state index contributed by atoms with van der Waals surface area (Å²) in [6, 6.07) is 7.90. The van der Waals surface area contributed by atoms with Crippen molar-refractivity contribution in [3.63, 3.8) is 0 Å². The number of aliphatic hydroxyl groups excluding tert-OH is 2. The van der Waals surface area contributed by atoms with E-state index in [2.05, 4.69) is 0 Å². The first-order valence-electron chi connectivity index (χ1n) is 11.0. The van der Waals surface area contributed by atoms with Crippen molar-refractivity contribution in [3.05, 3.63) is 59.7 Å². The van der Waals surface area contributed by atoms with Gasteiger partial charge in [-0.2, -0.15) is 0 Å². The molecule has 170 valence electrons. The molecule has 1 aliphatic carbocycles. The first-order valence-corrected chi connectivity index (χ1v) is 11.0. The molecular weight excluding hydrogens is 396 g/mol. The molecule has 1 aliphatic rings. The first kappa shape index (κ1) is 25.0. The molecule has 0 bridgehead atoms. The van der Waals surface area contributed by atoms with Crippen LogP contribution in [0.25, 0.3) is 0 Å². The SMILES string of the molecule is CCOCc1cccc(CC(O)C=C[C@H]2C(O)CC(=O)[C@@H]2CC=CCCCC(=O)O)c1. The monoisotopic (exact) mass is 430 g/mol. The number of carbonyl (C=O) groups is 2. The van der Waals surface area contributed by atoms with Crippen LogP contribution in [0.5, 0.6) is 0 Å². The molecule has 0 aromatic heterocycles. The van der Waals surface area contributed by atoms with Crippen LogP contribution in [0.1, 0.15) is 50.2 Å². The second-order valence-corrected chi connectivity index (χ2v) is 8.03. The highest BCUT2D eigenvalue weighted by atomic mass is 16.5. The zero-order chi connectivity index (χ0) is 22.6. The van der Waals surface area contributed by atoms with Crippen LogP contribution in [-0.2, 0) is 27.4 Å². The lowest BCUT2D eigenvalue weighted by Crippen LogP contribution is -2.19. The van der Waals surface area contributed by atoms with Crippen LogP contribution in [0, 0.1) is 11.8 Å². The minimum atomic E-state index is -0.813. The van der Waals surface area contributed by atoms with Gasteiger partial charge in [0.2, 0.25) is 0 Å².